The molecular weight excluding hydrogens is 479 g/mol. The SMILES string of the molecule is Cc1cc2nc(C(F)(F)F)sc2cc1-c1n(-c2c(C(C)C)cccc2C(C)C)c2ccccc2[n+]1C. The summed E-state index contributed by atoms with van der Waals surface area (Å²) in [6.07, 6.45) is -4.46. The zero-order valence-electron chi connectivity index (χ0n) is 21.2. The van der Waals surface area contributed by atoms with Gasteiger partial charge in [-0.05, 0) is 48.6 Å². The number of thiazole rings is 1. The third-order valence-electron chi connectivity index (χ3n) is 6.80. The maximum Gasteiger partial charge on any atom is 0.443 e. The summed E-state index contributed by atoms with van der Waals surface area (Å²) in [5.41, 5.74) is 7.89. The number of fused-ring (bicyclic) bond motifs is 2. The lowest BCUT2D eigenvalue weighted by molar-refractivity contribution is -0.633. The molecule has 0 aliphatic carbocycles. The third kappa shape index (κ3) is 3.90. The first-order valence-corrected chi connectivity index (χ1v) is 12.9. The van der Waals surface area contributed by atoms with Gasteiger partial charge in [0.05, 0.1) is 22.8 Å². The van der Waals surface area contributed by atoms with Gasteiger partial charge in [-0.3, -0.25) is 0 Å². The molecule has 2 heterocycles. The standard InChI is InChI=1S/C29H29F3N3S/c1-16(2)19-10-9-11-20(17(3)4)26(19)35-24-13-8-7-12-23(24)34(6)27(35)21-15-25-22(14-18(21)5)33-28(36-25)29(30,31)32/h7-17H,1-6H3/q+1. The Morgan fingerprint density at radius 3 is 2.17 bits per heavy atom. The van der Waals surface area contributed by atoms with Gasteiger partial charge in [0.15, 0.2) is 16.0 Å². The van der Waals surface area contributed by atoms with Crippen LogP contribution in [-0.2, 0) is 13.2 Å². The number of benzene rings is 3. The number of halogens is 3. The number of aryl methyl sites for hydroxylation is 2. The van der Waals surface area contributed by atoms with E-state index in [1.165, 1.54) is 11.1 Å². The van der Waals surface area contributed by atoms with Crippen LogP contribution < -0.4 is 4.57 Å². The van der Waals surface area contributed by atoms with E-state index in [1.54, 1.807) is 6.07 Å². The number of imidazole rings is 1. The van der Waals surface area contributed by atoms with Crippen LogP contribution in [-0.4, -0.2) is 9.55 Å². The average molecular weight is 509 g/mol. The van der Waals surface area contributed by atoms with Gasteiger partial charge in [0.25, 0.3) is 5.82 Å². The smallest absolute Gasteiger partial charge is 0.232 e. The van der Waals surface area contributed by atoms with Crippen LogP contribution in [0, 0.1) is 6.92 Å². The Morgan fingerprint density at radius 2 is 1.56 bits per heavy atom. The van der Waals surface area contributed by atoms with Gasteiger partial charge in [0, 0.05) is 11.1 Å². The van der Waals surface area contributed by atoms with E-state index < -0.39 is 11.2 Å². The minimum Gasteiger partial charge on any atom is -0.232 e. The molecule has 0 aliphatic heterocycles. The first-order chi connectivity index (χ1) is 17.0. The second-order valence-electron chi connectivity index (χ2n) is 9.95. The average Bonchev–Trinajstić information content (AvgIpc) is 3.36. The van der Waals surface area contributed by atoms with Crippen molar-refractivity contribution in [3.05, 3.63) is 76.3 Å². The normalized spacial score (nSPS) is 12.5. The van der Waals surface area contributed by atoms with E-state index in [9.17, 15) is 13.2 Å². The van der Waals surface area contributed by atoms with E-state index in [4.69, 9.17) is 0 Å². The molecule has 2 aromatic heterocycles. The monoisotopic (exact) mass is 508 g/mol. The van der Waals surface area contributed by atoms with Crippen molar-refractivity contribution in [1.82, 2.24) is 9.55 Å². The highest BCUT2D eigenvalue weighted by atomic mass is 32.1. The Labute approximate surface area is 212 Å². The van der Waals surface area contributed by atoms with Crippen molar-refractivity contribution >= 4 is 32.6 Å². The molecule has 3 nitrogen and oxygen atoms in total. The lowest BCUT2D eigenvalue weighted by Gasteiger charge is -2.18. The van der Waals surface area contributed by atoms with Crippen LogP contribution in [0.15, 0.2) is 54.6 Å². The summed E-state index contributed by atoms with van der Waals surface area (Å²) in [5.74, 6) is 1.52. The maximum absolute atomic E-state index is 13.4. The molecule has 0 unspecified atom stereocenters. The molecule has 0 bridgehead atoms. The topological polar surface area (TPSA) is 21.7 Å². The summed E-state index contributed by atoms with van der Waals surface area (Å²) < 4.78 is 45.2. The Hall–Kier alpha value is -3.19. The lowest BCUT2D eigenvalue weighted by Crippen LogP contribution is -2.30. The van der Waals surface area contributed by atoms with Crippen LogP contribution in [0.4, 0.5) is 13.2 Å². The van der Waals surface area contributed by atoms with Gasteiger partial charge in [0.2, 0.25) is 0 Å². The summed E-state index contributed by atoms with van der Waals surface area (Å²) in [6.45, 7) is 10.7. The highest BCUT2D eigenvalue weighted by Crippen LogP contribution is 2.40. The van der Waals surface area contributed by atoms with E-state index in [2.05, 4.69) is 72.1 Å². The molecule has 5 aromatic rings. The van der Waals surface area contributed by atoms with Gasteiger partial charge in [-0.1, -0.05) is 58.0 Å². The molecule has 7 heteroatoms. The summed E-state index contributed by atoms with van der Waals surface area (Å²) in [4.78, 5) is 3.88. The highest BCUT2D eigenvalue weighted by Gasteiger charge is 2.36. The zero-order chi connectivity index (χ0) is 25.9. The molecule has 0 aliphatic rings. The number of alkyl halides is 3. The van der Waals surface area contributed by atoms with Gasteiger partial charge in [-0.15, -0.1) is 11.3 Å². The van der Waals surface area contributed by atoms with E-state index in [0.29, 0.717) is 21.6 Å². The molecule has 0 spiro atoms. The quantitative estimate of drug-likeness (QED) is 0.224. The first kappa shape index (κ1) is 24.5. The van der Waals surface area contributed by atoms with Crippen molar-refractivity contribution in [2.45, 2.75) is 52.6 Å². The molecule has 0 amide bonds. The van der Waals surface area contributed by atoms with Crippen LogP contribution in [0.2, 0.25) is 0 Å². The van der Waals surface area contributed by atoms with E-state index >= 15 is 0 Å². The van der Waals surface area contributed by atoms with Crippen LogP contribution >= 0.6 is 11.3 Å². The zero-order valence-corrected chi connectivity index (χ0v) is 22.1. The molecule has 3 aromatic carbocycles. The Bertz CT molecular complexity index is 1580. The molecule has 0 fully saturated rings. The predicted molar refractivity (Wildman–Crippen MR) is 141 cm³/mol. The minimum atomic E-state index is -4.46. The molecule has 186 valence electrons. The summed E-state index contributed by atoms with van der Waals surface area (Å²) in [7, 11) is 2.03. The van der Waals surface area contributed by atoms with Gasteiger partial charge in [0.1, 0.15) is 5.69 Å². The predicted octanol–water partition coefficient (Wildman–Crippen LogP) is 8.31. The van der Waals surface area contributed by atoms with Crippen LogP contribution in [0.5, 0.6) is 0 Å². The summed E-state index contributed by atoms with van der Waals surface area (Å²) >= 11 is 0.698. The number of hydrogen-bond donors (Lipinski definition) is 0. The molecular formula is C29H29F3N3S+. The number of para-hydroxylation sites is 3. The van der Waals surface area contributed by atoms with Crippen molar-refractivity contribution < 1.29 is 17.7 Å². The van der Waals surface area contributed by atoms with Crippen molar-refractivity contribution in [1.29, 1.82) is 0 Å². The minimum absolute atomic E-state index is 0.289. The molecule has 0 atom stereocenters. The largest absolute Gasteiger partial charge is 0.443 e. The van der Waals surface area contributed by atoms with E-state index in [0.717, 1.165) is 33.7 Å². The highest BCUT2D eigenvalue weighted by molar-refractivity contribution is 7.18. The molecule has 0 saturated carbocycles. The van der Waals surface area contributed by atoms with Crippen LogP contribution in [0.1, 0.15) is 61.2 Å². The number of nitrogens with zero attached hydrogens (tertiary/aromatic N) is 3. The fraction of sp³-hybridized carbons (Fsp3) is 0.310. The number of aromatic nitrogens is 3. The van der Waals surface area contributed by atoms with Crippen molar-refractivity contribution in [2.24, 2.45) is 7.05 Å². The van der Waals surface area contributed by atoms with Crippen molar-refractivity contribution in [3.8, 4) is 17.1 Å². The third-order valence-corrected chi connectivity index (χ3v) is 7.86. The molecule has 5 rings (SSSR count). The second-order valence-corrected chi connectivity index (χ2v) is 11.0. The van der Waals surface area contributed by atoms with E-state index in [1.807, 2.05) is 32.2 Å². The Morgan fingerprint density at radius 1 is 0.917 bits per heavy atom. The van der Waals surface area contributed by atoms with Crippen LogP contribution in [0.3, 0.4) is 0 Å². The van der Waals surface area contributed by atoms with E-state index in [-0.39, 0.29) is 11.8 Å². The maximum atomic E-state index is 13.4. The fourth-order valence-electron chi connectivity index (χ4n) is 5.05. The summed E-state index contributed by atoms with van der Waals surface area (Å²) in [5, 5.41) is -0.814. The van der Waals surface area contributed by atoms with Crippen molar-refractivity contribution in [2.75, 3.05) is 0 Å². The Balaban J connectivity index is 1.92. The molecule has 36 heavy (non-hydrogen) atoms. The van der Waals surface area contributed by atoms with Crippen molar-refractivity contribution in [3.63, 3.8) is 0 Å². The van der Waals surface area contributed by atoms with Gasteiger partial charge >= 0.3 is 6.18 Å². The number of rotatable bonds is 4. The van der Waals surface area contributed by atoms with Gasteiger partial charge < -0.3 is 0 Å². The lowest BCUT2D eigenvalue weighted by atomic mass is 9.92. The fourth-order valence-corrected chi connectivity index (χ4v) is 5.91. The van der Waals surface area contributed by atoms with Crippen LogP contribution in [0.25, 0.3) is 38.3 Å². The molecule has 0 N–H and O–H groups in total. The second kappa shape index (κ2) is 8.73. The number of hydrogen-bond acceptors (Lipinski definition) is 2. The molecule has 0 radical (unpaired) electrons. The summed E-state index contributed by atoms with van der Waals surface area (Å²) in [6, 6.07) is 18.4. The van der Waals surface area contributed by atoms with Gasteiger partial charge in [-0.2, -0.15) is 17.7 Å². The molecule has 0 saturated heterocycles. The van der Waals surface area contributed by atoms with Gasteiger partial charge in [-0.25, -0.2) is 9.55 Å². The Kier molecular flexibility index (Phi) is 5.94. The first-order valence-electron chi connectivity index (χ1n) is 12.1.